The maximum atomic E-state index is 5.77. The van der Waals surface area contributed by atoms with Gasteiger partial charge in [-0.1, -0.05) is 6.07 Å². The number of aromatic nitrogens is 3. The number of benzene rings is 1. The minimum Gasteiger partial charge on any atom is -0.424 e. The summed E-state index contributed by atoms with van der Waals surface area (Å²) in [4.78, 5) is 12.6. The van der Waals surface area contributed by atoms with Crippen LogP contribution in [0.25, 0.3) is 11.3 Å². The van der Waals surface area contributed by atoms with Gasteiger partial charge in [0.25, 0.3) is 0 Å². The SMILES string of the molecule is Cc1ccc(N)cc1Oc1nccc(-c2cccnc2)n1. The van der Waals surface area contributed by atoms with Crippen molar-refractivity contribution >= 4 is 5.69 Å². The monoisotopic (exact) mass is 278 g/mol. The third kappa shape index (κ3) is 2.97. The quantitative estimate of drug-likeness (QED) is 0.744. The Morgan fingerprint density at radius 2 is 2.00 bits per heavy atom. The van der Waals surface area contributed by atoms with Crippen molar-refractivity contribution in [1.82, 2.24) is 15.0 Å². The highest BCUT2D eigenvalue weighted by molar-refractivity contribution is 5.57. The molecule has 0 aliphatic carbocycles. The summed E-state index contributed by atoms with van der Waals surface area (Å²) < 4.78 is 5.73. The molecule has 0 amide bonds. The van der Waals surface area contributed by atoms with Crippen LogP contribution >= 0.6 is 0 Å². The normalized spacial score (nSPS) is 10.3. The van der Waals surface area contributed by atoms with Gasteiger partial charge < -0.3 is 10.5 Å². The number of aryl methyl sites for hydroxylation is 1. The van der Waals surface area contributed by atoms with Gasteiger partial charge in [-0.3, -0.25) is 4.98 Å². The molecule has 1 aromatic carbocycles. The zero-order chi connectivity index (χ0) is 14.7. The number of hydrogen-bond acceptors (Lipinski definition) is 5. The van der Waals surface area contributed by atoms with E-state index in [0.29, 0.717) is 11.4 Å². The van der Waals surface area contributed by atoms with Gasteiger partial charge in [0.05, 0.1) is 5.69 Å². The molecule has 2 heterocycles. The minimum absolute atomic E-state index is 0.282. The molecule has 3 rings (SSSR count). The lowest BCUT2D eigenvalue weighted by Crippen LogP contribution is -1.96. The summed E-state index contributed by atoms with van der Waals surface area (Å²) >= 11 is 0. The molecule has 0 atom stereocenters. The molecule has 21 heavy (non-hydrogen) atoms. The number of nitrogens with two attached hydrogens (primary N) is 1. The number of anilines is 1. The van der Waals surface area contributed by atoms with Gasteiger partial charge in [0.15, 0.2) is 0 Å². The molecule has 0 saturated carbocycles. The first-order chi connectivity index (χ1) is 10.2. The van der Waals surface area contributed by atoms with Gasteiger partial charge in [0, 0.05) is 35.9 Å². The highest BCUT2D eigenvalue weighted by Crippen LogP contribution is 2.26. The Bertz CT molecular complexity index is 759. The Balaban J connectivity index is 1.92. The van der Waals surface area contributed by atoms with E-state index < -0.39 is 0 Å². The molecule has 0 fully saturated rings. The van der Waals surface area contributed by atoms with Crippen LogP contribution < -0.4 is 10.5 Å². The van der Waals surface area contributed by atoms with Crippen LogP contribution in [-0.2, 0) is 0 Å². The van der Waals surface area contributed by atoms with Crippen molar-refractivity contribution < 1.29 is 4.74 Å². The topological polar surface area (TPSA) is 73.9 Å². The van der Waals surface area contributed by atoms with Gasteiger partial charge in [-0.15, -0.1) is 0 Å². The Hall–Kier alpha value is -2.95. The van der Waals surface area contributed by atoms with E-state index in [1.165, 1.54) is 0 Å². The van der Waals surface area contributed by atoms with Crippen molar-refractivity contribution in [3.8, 4) is 23.0 Å². The molecule has 0 saturated heterocycles. The highest BCUT2D eigenvalue weighted by atomic mass is 16.5. The summed E-state index contributed by atoms with van der Waals surface area (Å²) in [5.74, 6) is 0.651. The predicted octanol–water partition coefficient (Wildman–Crippen LogP) is 3.22. The first-order valence-corrected chi connectivity index (χ1v) is 6.50. The predicted molar refractivity (Wildman–Crippen MR) is 80.9 cm³/mol. The summed E-state index contributed by atoms with van der Waals surface area (Å²) in [6.45, 7) is 1.94. The van der Waals surface area contributed by atoms with Crippen molar-refractivity contribution in [3.05, 3.63) is 60.6 Å². The fraction of sp³-hybridized carbons (Fsp3) is 0.0625. The number of pyridine rings is 1. The van der Waals surface area contributed by atoms with Crippen LogP contribution in [0.3, 0.4) is 0 Å². The first-order valence-electron chi connectivity index (χ1n) is 6.50. The Labute approximate surface area is 122 Å². The number of nitrogen functional groups attached to an aromatic ring is 1. The molecular weight excluding hydrogens is 264 g/mol. The van der Waals surface area contributed by atoms with Crippen LogP contribution in [0.15, 0.2) is 55.0 Å². The van der Waals surface area contributed by atoms with Gasteiger partial charge in [0.2, 0.25) is 0 Å². The maximum absolute atomic E-state index is 5.77. The van der Waals surface area contributed by atoms with Gasteiger partial charge in [-0.05, 0) is 36.8 Å². The summed E-state index contributed by atoms with van der Waals surface area (Å²) in [7, 11) is 0. The molecule has 2 aromatic heterocycles. The largest absolute Gasteiger partial charge is 0.424 e. The van der Waals surface area contributed by atoms with Gasteiger partial charge in [-0.25, -0.2) is 4.98 Å². The Morgan fingerprint density at radius 1 is 1.10 bits per heavy atom. The Morgan fingerprint density at radius 3 is 2.81 bits per heavy atom. The van der Waals surface area contributed by atoms with Crippen LogP contribution in [0.1, 0.15) is 5.56 Å². The molecular formula is C16H14N4O. The van der Waals surface area contributed by atoms with E-state index in [2.05, 4.69) is 15.0 Å². The van der Waals surface area contributed by atoms with Crippen molar-refractivity contribution in [1.29, 1.82) is 0 Å². The molecule has 0 aliphatic heterocycles. The summed E-state index contributed by atoms with van der Waals surface area (Å²) in [6.07, 6.45) is 5.13. The van der Waals surface area contributed by atoms with Gasteiger partial charge in [-0.2, -0.15) is 4.98 Å². The van der Waals surface area contributed by atoms with E-state index in [4.69, 9.17) is 10.5 Å². The lowest BCUT2D eigenvalue weighted by molar-refractivity contribution is 0.439. The van der Waals surface area contributed by atoms with Crippen LogP contribution in [-0.4, -0.2) is 15.0 Å². The van der Waals surface area contributed by atoms with Crippen LogP contribution in [0, 0.1) is 6.92 Å². The van der Waals surface area contributed by atoms with Crippen molar-refractivity contribution in [3.63, 3.8) is 0 Å². The molecule has 5 heteroatoms. The number of hydrogen-bond donors (Lipinski definition) is 1. The molecule has 0 spiro atoms. The average molecular weight is 278 g/mol. The van der Waals surface area contributed by atoms with E-state index in [9.17, 15) is 0 Å². The van der Waals surface area contributed by atoms with Crippen LogP contribution in [0.4, 0.5) is 5.69 Å². The Kier molecular flexibility index (Phi) is 3.47. The molecule has 0 aliphatic rings. The molecule has 0 bridgehead atoms. The fourth-order valence-corrected chi connectivity index (χ4v) is 1.89. The molecule has 5 nitrogen and oxygen atoms in total. The molecule has 0 radical (unpaired) electrons. The summed E-state index contributed by atoms with van der Waals surface area (Å²) in [5, 5.41) is 0. The molecule has 104 valence electrons. The molecule has 2 N–H and O–H groups in total. The third-order valence-electron chi connectivity index (χ3n) is 3.00. The highest BCUT2D eigenvalue weighted by Gasteiger charge is 2.07. The van der Waals surface area contributed by atoms with Crippen LogP contribution in [0.5, 0.6) is 11.8 Å². The number of rotatable bonds is 3. The van der Waals surface area contributed by atoms with Gasteiger partial charge >= 0.3 is 6.01 Å². The van der Waals surface area contributed by atoms with Crippen molar-refractivity contribution in [2.24, 2.45) is 0 Å². The summed E-state index contributed by atoms with van der Waals surface area (Å²) in [6, 6.07) is 11.4. The molecule has 0 unspecified atom stereocenters. The second-order valence-electron chi connectivity index (χ2n) is 4.59. The summed E-state index contributed by atoms with van der Waals surface area (Å²) in [5.41, 5.74) is 9.05. The van der Waals surface area contributed by atoms with E-state index in [-0.39, 0.29) is 6.01 Å². The second kappa shape index (κ2) is 5.58. The van der Waals surface area contributed by atoms with Crippen LogP contribution in [0.2, 0.25) is 0 Å². The standard InChI is InChI=1S/C16H14N4O/c1-11-4-5-13(17)9-15(11)21-16-19-8-6-14(20-16)12-3-2-7-18-10-12/h2-10H,17H2,1H3. The van der Waals surface area contributed by atoms with E-state index in [0.717, 1.165) is 16.8 Å². The molecule has 3 aromatic rings. The zero-order valence-corrected chi connectivity index (χ0v) is 11.5. The maximum Gasteiger partial charge on any atom is 0.322 e. The zero-order valence-electron chi connectivity index (χ0n) is 11.5. The third-order valence-corrected chi connectivity index (χ3v) is 3.00. The van der Waals surface area contributed by atoms with Crippen molar-refractivity contribution in [2.75, 3.05) is 5.73 Å². The first kappa shape index (κ1) is 13.1. The lowest BCUT2D eigenvalue weighted by atomic mass is 10.2. The average Bonchev–Trinajstić information content (AvgIpc) is 2.52. The van der Waals surface area contributed by atoms with E-state index >= 15 is 0 Å². The fourth-order valence-electron chi connectivity index (χ4n) is 1.89. The minimum atomic E-state index is 0.282. The van der Waals surface area contributed by atoms with E-state index in [1.54, 1.807) is 24.7 Å². The van der Waals surface area contributed by atoms with Crippen molar-refractivity contribution in [2.45, 2.75) is 6.92 Å². The number of nitrogens with zero attached hydrogens (tertiary/aromatic N) is 3. The smallest absolute Gasteiger partial charge is 0.322 e. The number of ether oxygens (including phenoxy) is 1. The van der Waals surface area contributed by atoms with E-state index in [1.807, 2.05) is 37.3 Å². The lowest BCUT2D eigenvalue weighted by Gasteiger charge is -2.08. The van der Waals surface area contributed by atoms with Gasteiger partial charge in [0.1, 0.15) is 5.75 Å². The second-order valence-corrected chi connectivity index (χ2v) is 4.59.